The highest BCUT2D eigenvalue weighted by Gasteiger charge is 2.32. The SMILES string of the molecule is C[C]1Nc2ccc(Br)cc2C(C)(C)O1. The van der Waals surface area contributed by atoms with Crippen molar-refractivity contribution in [1.29, 1.82) is 0 Å². The van der Waals surface area contributed by atoms with Gasteiger partial charge < -0.3 is 10.1 Å². The van der Waals surface area contributed by atoms with Gasteiger partial charge in [-0.05, 0) is 39.0 Å². The molecule has 0 saturated heterocycles. The van der Waals surface area contributed by atoms with E-state index < -0.39 is 0 Å². The van der Waals surface area contributed by atoms with Gasteiger partial charge in [0.2, 0.25) is 0 Å². The molecule has 1 heterocycles. The average Bonchev–Trinajstić information content (AvgIpc) is 2.05. The standard InChI is InChI=1S/C11H13BrNO/c1-7-13-10-5-4-8(12)6-9(10)11(2,3)14-7/h4-6,13H,1-3H3. The molecule has 0 atom stereocenters. The lowest BCUT2D eigenvalue weighted by Crippen LogP contribution is -2.32. The first kappa shape index (κ1) is 9.99. The fraction of sp³-hybridized carbons (Fsp3) is 0.364. The van der Waals surface area contributed by atoms with Gasteiger partial charge in [0.1, 0.15) is 0 Å². The van der Waals surface area contributed by atoms with E-state index in [4.69, 9.17) is 4.74 Å². The van der Waals surface area contributed by atoms with Crippen LogP contribution in [0.2, 0.25) is 0 Å². The van der Waals surface area contributed by atoms with Gasteiger partial charge >= 0.3 is 0 Å². The van der Waals surface area contributed by atoms with Crippen molar-refractivity contribution in [2.24, 2.45) is 0 Å². The van der Waals surface area contributed by atoms with Gasteiger partial charge in [0.05, 0.1) is 5.60 Å². The van der Waals surface area contributed by atoms with Crippen molar-refractivity contribution in [3.63, 3.8) is 0 Å². The Morgan fingerprint density at radius 3 is 2.79 bits per heavy atom. The zero-order chi connectivity index (χ0) is 10.3. The van der Waals surface area contributed by atoms with Crippen LogP contribution in [0, 0.1) is 6.23 Å². The Labute approximate surface area is 92.8 Å². The van der Waals surface area contributed by atoms with E-state index in [0.717, 1.165) is 16.4 Å². The molecule has 0 bridgehead atoms. The number of benzene rings is 1. The Balaban J connectivity index is 2.53. The molecule has 1 aromatic rings. The maximum Gasteiger partial charge on any atom is 0.184 e. The fourth-order valence-corrected chi connectivity index (χ4v) is 2.14. The molecule has 2 rings (SSSR count). The predicted octanol–water partition coefficient (Wildman–Crippen LogP) is 3.64. The summed E-state index contributed by atoms with van der Waals surface area (Å²) in [6, 6.07) is 6.18. The summed E-state index contributed by atoms with van der Waals surface area (Å²) in [6.45, 7) is 6.08. The molecule has 0 aliphatic carbocycles. The average molecular weight is 255 g/mol. The number of anilines is 1. The van der Waals surface area contributed by atoms with Crippen molar-refractivity contribution in [2.45, 2.75) is 26.4 Å². The van der Waals surface area contributed by atoms with Gasteiger partial charge in [-0.3, -0.25) is 0 Å². The number of nitrogens with one attached hydrogen (secondary N) is 1. The summed E-state index contributed by atoms with van der Waals surface area (Å²) in [5, 5.41) is 3.22. The molecule has 3 heteroatoms. The summed E-state index contributed by atoms with van der Waals surface area (Å²) in [5.74, 6) is 0. The minimum atomic E-state index is -0.256. The largest absolute Gasteiger partial charge is 0.354 e. The molecule has 75 valence electrons. The molecule has 0 aromatic heterocycles. The van der Waals surface area contributed by atoms with E-state index in [1.54, 1.807) is 0 Å². The van der Waals surface area contributed by atoms with Crippen LogP contribution in [0.5, 0.6) is 0 Å². The molecule has 1 aromatic carbocycles. The second kappa shape index (κ2) is 3.24. The highest BCUT2D eigenvalue weighted by Crippen LogP contribution is 2.39. The van der Waals surface area contributed by atoms with E-state index >= 15 is 0 Å². The lowest BCUT2D eigenvalue weighted by Gasteiger charge is -2.36. The van der Waals surface area contributed by atoms with Crippen molar-refractivity contribution in [3.05, 3.63) is 34.5 Å². The second-order valence-corrected chi connectivity index (χ2v) is 4.90. The molecule has 2 nitrogen and oxygen atoms in total. The number of fused-ring (bicyclic) bond motifs is 1. The van der Waals surface area contributed by atoms with Gasteiger partial charge in [-0.25, -0.2) is 0 Å². The van der Waals surface area contributed by atoms with Gasteiger partial charge in [0.25, 0.3) is 0 Å². The quantitative estimate of drug-likeness (QED) is 0.764. The molecular formula is C11H13BrNO. The topological polar surface area (TPSA) is 21.3 Å². The molecule has 0 amide bonds. The number of rotatable bonds is 0. The van der Waals surface area contributed by atoms with E-state index in [1.807, 2.05) is 13.0 Å². The summed E-state index contributed by atoms with van der Waals surface area (Å²) >= 11 is 3.47. The number of ether oxygens (including phenoxy) is 1. The van der Waals surface area contributed by atoms with Gasteiger partial charge in [0.15, 0.2) is 6.23 Å². The van der Waals surface area contributed by atoms with Crippen LogP contribution in [0.1, 0.15) is 26.3 Å². The first-order chi connectivity index (χ1) is 6.49. The summed E-state index contributed by atoms with van der Waals surface area (Å²) in [4.78, 5) is 0. The Morgan fingerprint density at radius 2 is 2.07 bits per heavy atom. The van der Waals surface area contributed by atoms with Gasteiger partial charge in [-0.2, -0.15) is 0 Å². The third-order valence-electron chi connectivity index (χ3n) is 2.35. The van der Waals surface area contributed by atoms with E-state index in [0.29, 0.717) is 0 Å². The van der Waals surface area contributed by atoms with Crippen LogP contribution in [0.4, 0.5) is 5.69 Å². The van der Waals surface area contributed by atoms with E-state index in [9.17, 15) is 0 Å². The third kappa shape index (κ3) is 1.66. The first-order valence-electron chi connectivity index (χ1n) is 4.59. The van der Waals surface area contributed by atoms with Crippen LogP contribution in [0.3, 0.4) is 0 Å². The molecule has 1 aliphatic heterocycles. The Morgan fingerprint density at radius 1 is 1.36 bits per heavy atom. The number of hydrogen-bond acceptors (Lipinski definition) is 2. The van der Waals surface area contributed by atoms with Crippen molar-refractivity contribution in [1.82, 2.24) is 0 Å². The van der Waals surface area contributed by atoms with E-state index in [-0.39, 0.29) is 5.60 Å². The zero-order valence-corrected chi connectivity index (χ0v) is 10.1. The highest BCUT2D eigenvalue weighted by molar-refractivity contribution is 9.10. The van der Waals surface area contributed by atoms with Crippen molar-refractivity contribution in [3.8, 4) is 0 Å². The second-order valence-electron chi connectivity index (χ2n) is 3.98. The van der Waals surface area contributed by atoms with Crippen LogP contribution >= 0.6 is 15.9 Å². The number of halogens is 1. The Hall–Kier alpha value is -0.540. The van der Waals surface area contributed by atoms with E-state index in [1.165, 1.54) is 5.56 Å². The maximum atomic E-state index is 5.74. The normalized spacial score (nSPS) is 20.0. The smallest absolute Gasteiger partial charge is 0.184 e. The van der Waals surface area contributed by atoms with Gasteiger partial charge in [-0.15, -0.1) is 0 Å². The van der Waals surface area contributed by atoms with Crippen LogP contribution in [0.15, 0.2) is 22.7 Å². The summed E-state index contributed by atoms with van der Waals surface area (Å²) in [7, 11) is 0. The van der Waals surface area contributed by atoms with Crippen molar-refractivity contribution < 1.29 is 4.74 Å². The molecule has 14 heavy (non-hydrogen) atoms. The monoisotopic (exact) mass is 254 g/mol. The Kier molecular flexibility index (Phi) is 2.32. The van der Waals surface area contributed by atoms with E-state index in [2.05, 4.69) is 47.2 Å². The lowest BCUT2D eigenvalue weighted by molar-refractivity contribution is -0.00923. The van der Waals surface area contributed by atoms with Crippen molar-refractivity contribution >= 4 is 21.6 Å². The molecule has 1 aliphatic rings. The molecular weight excluding hydrogens is 242 g/mol. The maximum absolute atomic E-state index is 5.74. The van der Waals surface area contributed by atoms with Crippen LogP contribution < -0.4 is 5.32 Å². The fourth-order valence-electron chi connectivity index (χ4n) is 1.78. The van der Waals surface area contributed by atoms with Gasteiger partial charge in [0, 0.05) is 15.7 Å². The van der Waals surface area contributed by atoms with Crippen LogP contribution in [0.25, 0.3) is 0 Å². The third-order valence-corrected chi connectivity index (χ3v) is 2.84. The minimum Gasteiger partial charge on any atom is -0.354 e. The lowest BCUT2D eigenvalue weighted by atomic mass is 9.94. The molecule has 1 N–H and O–H groups in total. The van der Waals surface area contributed by atoms with Crippen molar-refractivity contribution in [2.75, 3.05) is 5.32 Å². The molecule has 1 radical (unpaired) electrons. The number of hydrogen-bond donors (Lipinski definition) is 1. The zero-order valence-electron chi connectivity index (χ0n) is 8.52. The molecule has 0 unspecified atom stereocenters. The first-order valence-corrected chi connectivity index (χ1v) is 5.38. The molecule has 0 saturated carbocycles. The Bertz CT molecular complexity index is 362. The molecule has 0 spiro atoms. The summed E-state index contributed by atoms with van der Waals surface area (Å²) < 4.78 is 6.82. The van der Waals surface area contributed by atoms with Crippen LogP contribution in [-0.4, -0.2) is 0 Å². The van der Waals surface area contributed by atoms with Gasteiger partial charge in [-0.1, -0.05) is 15.9 Å². The van der Waals surface area contributed by atoms with Crippen LogP contribution in [-0.2, 0) is 10.3 Å². The predicted molar refractivity (Wildman–Crippen MR) is 60.8 cm³/mol. The highest BCUT2D eigenvalue weighted by atomic mass is 79.9. The summed E-state index contributed by atoms with van der Waals surface area (Å²) in [6.07, 6.45) is 0.852. The minimum absolute atomic E-state index is 0.256. The molecule has 0 fully saturated rings. The summed E-state index contributed by atoms with van der Waals surface area (Å²) in [5.41, 5.74) is 2.05.